The summed E-state index contributed by atoms with van der Waals surface area (Å²) in [5.41, 5.74) is 23.1. The molecule has 0 aliphatic heterocycles. The number of benzene rings is 4. The van der Waals surface area contributed by atoms with Crippen LogP contribution in [0.2, 0.25) is 0 Å². The van der Waals surface area contributed by atoms with Gasteiger partial charge in [0.1, 0.15) is 11.0 Å². The maximum absolute atomic E-state index is 5.41. The van der Waals surface area contributed by atoms with Crippen molar-refractivity contribution in [3.05, 3.63) is 205 Å². The van der Waals surface area contributed by atoms with E-state index in [0.717, 1.165) is 119 Å². The molecule has 0 N–H and O–H groups in total. The molecule has 0 bridgehead atoms. The molecular formula is C57H39N7. The van der Waals surface area contributed by atoms with Gasteiger partial charge in [-0.3, -0.25) is 15.0 Å². The SMILES string of the molecule is CC1=CC2=C(CC1)Cc1ccc(-n3c4ccncc4c4cc(-n5c6ccc(-c7cncc(-c8ccccc8)c7)nc6c6nc(-c7cncc(-c8ccccc8)c7)ccc65)ccc43)cc12. The summed E-state index contributed by atoms with van der Waals surface area (Å²) < 4.78 is 4.70. The number of aromatic nitrogens is 7. The van der Waals surface area contributed by atoms with E-state index >= 15 is 0 Å². The van der Waals surface area contributed by atoms with Crippen molar-refractivity contribution in [1.82, 2.24) is 34.1 Å². The Balaban J connectivity index is 0.994. The molecule has 13 rings (SSSR count). The molecule has 0 atom stereocenters. The van der Waals surface area contributed by atoms with Gasteiger partial charge in [-0.15, -0.1) is 0 Å². The first-order chi connectivity index (χ1) is 31.6. The van der Waals surface area contributed by atoms with E-state index in [4.69, 9.17) is 9.97 Å². The van der Waals surface area contributed by atoms with E-state index < -0.39 is 0 Å². The Bertz CT molecular complexity index is 3620. The van der Waals surface area contributed by atoms with Gasteiger partial charge in [0.05, 0.1) is 33.5 Å². The second-order valence-electron chi connectivity index (χ2n) is 17.1. The smallest absolute Gasteiger partial charge is 0.116 e. The lowest BCUT2D eigenvalue weighted by atomic mass is 9.93. The molecule has 0 radical (unpaired) electrons. The fourth-order valence-electron chi connectivity index (χ4n) is 10.0. The fraction of sp³-hybridized carbons (Fsp3) is 0.0702. The van der Waals surface area contributed by atoms with Gasteiger partial charge in [-0.25, -0.2) is 9.97 Å². The molecule has 64 heavy (non-hydrogen) atoms. The van der Waals surface area contributed by atoms with Crippen LogP contribution >= 0.6 is 0 Å². The maximum atomic E-state index is 5.41. The van der Waals surface area contributed by atoms with Crippen LogP contribution in [0, 0.1) is 0 Å². The van der Waals surface area contributed by atoms with E-state index in [1.165, 1.54) is 22.3 Å². The maximum Gasteiger partial charge on any atom is 0.116 e. The second-order valence-corrected chi connectivity index (χ2v) is 17.1. The van der Waals surface area contributed by atoms with Crippen molar-refractivity contribution in [2.24, 2.45) is 0 Å². The van der Waals surface area contributed by atoms with Gasteiger partial charge in [0.2, 0.25) is 0 Å². The average molecular weight is 822 g/mol. The van der Waals surface area contributed by atoms with Crippen molar-refractivity contribution in [2.45, 2.75) is 26.2 Å². The van der Waals surface area contributed by atoms with Crippen LogP contribution in [0.15, 0.2) is 194 Å². The molecular weight excluding hydrogens is 783 g/mol. The monoisotopic (exact) mass is 821 g/mol. The summed E-state index contributed by atoms with van der Waals surface area (Å²) >= 11 is 0. The number of allylic oxidation sites excluding steroid dienone is 4. The third kappa shape index (κ3) is 5.85. The van der Waals surface area contributed by atoms with Crippen LogP contribution in [0.3, 0.4) is 0 Å². The molecule has 0 amide bonds. The Morgan fingerprint density at radius 3 is 1.70 bits per heavy atom. The molecule has 7 nitrogen and oxygen atoms in total. The normalized spacial score (nSPS) is 13.5. The van der Waals surface area contributed by atoms with E-state index in [-0.39, 0.29) is 0 Å². The van der Waals surface area contributed by atoms with Crippen LogP contribution in [0.4, 0.5) is 0 Å². The summed E-state index contributed by atoms with van der Waals surface area (Å²) in [7, 11) is 0. The Labute approximate surface area is 369 Å². The Morgan fingerprint density at radius 2 is 1.03 bits per heavy atom. The molecule has 7 heterocycles. The summed E-state index contributed by atoms with van der Waals surface area (Å²) in [6.07, 6.45) is 17.3. The highest BCUT2D eigenvalue weighted by molar-refractivity contribution is 6.11. The minimum absolute atomic E-state index is 0.814. The standard InChI is InChI=1S/C57H39N7/c1-35-12-13-38-25-39-14-15-44(28-47(39)46(38)24-35)63-52-19-16-45(29-48(52)49-34-58-23-22-53(49)63)64-54-20-17-50(42-26-40(30-59-32-42)36-8-4-2-5-9-36)61-56(54)57-55(64)21-18-51(62-57)43-27-41(31-60-33-43)37-10-6-3-7-11-37/h2-11,14-24,26-34H,12-13,25H2,1H3. The topological polar surface area (TPSA) is 74.3 Å². The lowest BCUT2D eigenvalue weighted by molar-refractivity contribution is 0.889. The van der Waals surface area contributed by atoms with E-state index in [1.54, 1.807) is 5.57 Å². The van der Waals surface area contributed by atoms with E-state index in [1.807, 2.05) is 49.3 Å². The number of fused-ring (bicyclic) bond motifs is 8. The molecule has 11 aromatic rings. The quantitative estimate of drug-likeness (QED) is 0.167. The number of pyridine rings is 5. The summed E-state index contributed by atoms with van der Waals surface area (Å²) in [5.74, 6) is 0. The molecule has 0 fully saturated rings. The number of hydrogen-bond acceptors (Lipinski definition) is 5. The lowest BCUT2D eigenvalue weighted by Crippen LogP contribution is -1.97. The van der Waals surface area contributed by atoms with Crippen molar-refractivity contribution in [3.8, 4) is 56.1 Å². The summed E-state index contributed by atoms with van der Waals surface area (Å²) in [4.78, 5) is 24.8. The molecule has 2 aliphatic carbocycles. The molecule has 0 unspecified atom stereocenters. The van der Waals surface area contributed by atoms with Crippen molar-refractivity contribution >= 4 is 49.4 Å². The largest absolute Gasteiger partial charge is 0.309 e. The summed E-state index contributed by atoms with van der Waals surface area (Å²) in [6.45, 7) is 2.26. The lowest BCUT2D eigenvalue weighted by Gasteiger charge is -2.14. The van der Waals surface area contributed by atoms with Crippen LogP contribution < -0.4 is 0 Å². The predicted octanol–water partition coefficient (Wildman–Crippen LogP) is 13.6. The molecule has 4 aromatic carbocycles. The zero-order chi connectivity index (χ0) is 42.3. The number of nitrogens with zero attached hydrogens (tertiary/aromatic N) is 7. The van der Waals surface area contributed by atoms with Crippen LogP contribution in [0.5, 0.6) is 0 Å². The molecule has 2 aliphatic rings. The van der Waals surface area contributed by atoms with Gasteiger partial charge in [-0.05, 0) is 127 Å². The van der Waals surface area contributed by atoms with Crippen molar-refractivity contribution < 1.29 is 0 Å². The second kappa shape index (κ2) is 14.4. The first kappa shape index (κ1) is 36.4. The Hall–Kier alpha value is -8.29. The Kier molecular flexibility index (Phi) is 8.18. The van der Waals surface area contributed by atoms with Crippen LogP contribution in [0.25, 0.3) is 106 Å². The fourth-order valence-corrected chi connectivity index (χ4v) is 10.0. The highest BCUT2D eigenvalue weighted by Crippen LogP contribution is 2.43. The third-order valence-corrected chi connectivity index (χ3v) is 13.2. The van der Waals surface area contributed by atoms with Gasteiger partial charge < -0.3 is 9.13 Å². The minimum Gasteiger partial charge on any atom is -0.309 e. The number of hydrogen-bond donors (Lipinski definition) is 0. The number of rotatable bonds is 6. The predicted molar refractivity (Wildman–Crippen MR) is 259 cm³/mol. The first-order valence-corrected chi connectivity index (χ1v) is 21.9. The van der Waals surface area contributed by atoms with E-state index in [0.29, 0.717) is 0 Å². The zero-order valence-electron chi connectivity index (χ0n) is 35.1. The van der Waals surface area contributed by atoms with Crippen LogP contribution in [-0.4, -0.2) is 34.1 Å². The van der Waals surface area contributed by atoms with Crippen molar-refractivity contribution in [3.63, 3.8) is 0 Å². The Morgan fingerprint density at radius 1 is 0.453 bits per heavy atom. The molecule has 7 aromatic heterocycles. The van der Waals surface area contributed by atoms with Gasteiger partial charge in [0.15, 0.2) is 0 Å². The summed E-state index contributed by atoms with van der Waals surface area (Å²) in [6, 6.07) is 49.5. The van der Waals surface area contributed by atoms with Gasteiger partial charge in [-0.2, -0.15) is 0 Å². The molecule has 302 valence electrons. The van der Waals surface area contributed by atoms with Crippen molar-refractivity contribution in [2.75, 3.05) is 0 Å². The van der Waals surface area contributed by atoms with Gasteiger partial charge in [-0.1, -0.05) is 84.0 Å². The molecule has 7 heteroatoms. The first-order valence-electron chi connectivity index (χ1n) is 21.9. The van der Waals surface area contributed by atoms with Gasteiger partial charge in [0, 0.05) is 81.6 Å². The highest BCUT2D eigenvalue weighted by Gasteiger charge is 2.25. The zero-order valence-corrected chi connectivity index (χ0v) is 35.1. The molecule has 0 saturated carbocycles. The van der Waals surface area contributed by atoms with Gasteiger partial charge >= 0.3 is 0 Å². The van der Waals surface area contributed by atoms with Crippen LogP contribution in [0.1, 0.15) is 30.9 Å². The highest BCUT2D eigenvalue weighted by atomic mass is 15.0. The van der Waals surface area contributed by atoms with Crippen LogP contribution in [-0.2, 0) is 6.42 Å². The molecule has 0 spiro atoms. The minimum atomic E-state index is 0.814. The molecule has 0 saturated heterocycles. The average Bonchev–Trinajstić information content (AvgIpc) is 4.01. The van der Waals surface area contributed by atoms with Gasteiger partial charge in [0.25, 0.3) is 0 Å². The van der Waals surface area contributed by atoms with E-state index in [9.17, 15) is 0 Å². The van der Waals surface area contributed by atoms with Crippen molar-refractivity contribution in [1.29, 1.82) is 0 Å². The van der Waals surface area contributed by atoms with E-state index in [2.05, 4.69) is 164 Å². The summed E-state index contributed by atoms with van der Waals surface area (Å²) in [5, 5.41) is 2.23. The third-order valence-electron chi connectivity index (χ3n) is 13.2.